The van der Waals surface area contributed by atoms with Gasteiger partial charge in [0.1, 0.15) is 5.75 Å². The lowest BCUT2D eigenvalue weighted by atomic mass is 10.1. The molecule has 0 heterocycles. The first-order chi connectivity index (χ1) is 13.6. The number of fused-ring (bicyclic) bond motifs is 1. The van der Waals surface area contributed by atoms with E-state index in [0.717, 1.165) is 5.69 Å². The van der Waals surface area contributed by atoms with Crippen molar-refractivity contribution in [3.8, 4) is 5.75 Å². The summed E-state index contributed by atoms with van der Waals surface area (Å²) in [6, 6.07) is 19.5. The highest BCUT2D eigenvalue weighted by Crippen LogP contribution is 2.27. The van der Waals surface area contributed by atoms with Crippen LogP contribution in [0.15, 0.2) is 60.7 Å². The van der Waals surface area contributed by atoms with E-state index in [1.807, 2.05) is 24.3 Å². The summed E-state index contributed by atoms with van der Waals surface area (Å²) in [6.07, 6.45) is 1.01. The number of hydrogen-bond donors (Lipinski definition) is 2. The smallest absolute Gasteiger partial charge is 0.220 e. The summed E-state index contributed by atoms with van der Waals surface area (Å²) in [7, 11) is 0. The molecule has 3 aromatic rings. The average Bonchev–Trinajstić information content (AvgIpc) is 2.70. The van der Waals surface area contributed by atoms with Crippen molar-refractivity contribution in [2.45, 2.75) is 12.8 Å². The second kappa shape index (κ2) is 10.2. The summed E-state index contributed by atoms with van der Waals surface area (Å²) < 4.78 is 5.58. The monoisotopic (exact) mass is 416 g/mol. The van der Waals surface area contributed by atoms with Crippen LogP contribution in [0.1, 0.15) is 12.8 Å². The maximum absolute atomic E-state index is 12.0. The number of ether oxygens (including phenoxy) is 1. The van der Waals surface area contributed by atoms with Crippen molar-refractivity contribution in [2.75, 3.05) is 25.0 Å². The van der Waals surface area contributed by atoms with Gasteiger partial charge in [0.25, 0.3) is 0 Å². The minimum absolute atomic E-state index is 0.00511. The number of amides is 1. The SMILES string of the molecule is O=C(CCCOc1ccc(Cl)cc1Cl)NCCNc1cccc2ccccc12. The van der Waals surface area contributed by atoms with Crippen LogP contribution < -0.4 is 15.4 Å². The average molecular weight is 417 g/mol. The predicted molar refractivity (Wildman–Crippen MR) is 117 cm³/mol. The van der Waals surface area contributed by atoms with Gasteiger partial charge in [0.05, 0.1) is 11.6 Å². The lowest BCUT2D eigenvalue weighted by Gasteiger charge is -2.11. The lowest BCUT2D eigenvalue weighted by Crippen LogP contribution is -2.28. The van der Waals surface area contributed by atoms with Crippen molar-refractivity contribution < 1.29 is 9.53 Å². The van der Waals surface area contributed by atoms with E-state index in [1.54, 1.807) is 18.2 Å². The maximum Gasteiger partial charge on any atom is 0.220 e. The normalized spacial score (nSPS) is 10.6. The highest BCUT2D eigenvalue weighted by Gasteiger charge is 2.05. The summed E-state index contributed by atoms with van der Waals surface area (Å²) in [6.45, 7) is 1.64. The van der Waals surface area contributed by atoms with Gasteiger partial charge in [0.2, 0.25) is 5.91 Å². The van der Waals surface area contributed by atoms with E-state index in [0.29, 0.717) is 48.3 Å². The molecule has 146 valence electrons. The topological polar surface area (TPSA) is 50.4 Å². The molecule has 0 aromatic heterocycles. The van der Waals surface area contributed by atoms with E-state index in [1.165, 1.54) is 10.8 Å². The van der Waals surface area contributed by atoms with Crippen LogP contribution >= 0.6 is 23.2 Å². The van der Waals surface area contributed by atoms with Crippen molar-refractivity contribution in [2.24, 2.45) is 0 Å². The second-order valence-electron chi connectivity index (χ2n) is 6.33. The summed E-state index contributed by atoms with van der Waals surface area (Å²) in [4.78, 5) is 12.0. The van der Waals surface area contributed by atoms with E-state index in [4.69, 9.17) is 27.9 Å². The van der Waals surface area contributed by atoms with Gasteiger partial charge in [0.15, 0.2) is 0 Å². The number of halogens is 2. The van der Waals surface area contributed by atoms with Crippen molar-refractivity contribution in [1.29, 1.82) is 0 Å². The molecule has 4 nitrogen and oxygen atoms in total. The molecule has 1 amide bonds. The standard InChI is InChI=1S/C22H22Cl2N2O2/c23-17-10-11-21(19(24)15-17)28-14-4-9-22(27)26-13-12-25-20-8-3-6-16-5-1-2-7-18(16)20/h1-3,5-8,10-11,15,25H,4,9,12-14H2,(H,26,27). The maximum atomic E-state index is 12.0. The van der Waals surface area contributed by atoms with E-state index < -0.39 is 0 Å². The van der Waals surface area contributed by atoms with Gasteiger partial charge in [0, 0.05) is 35.6 Å². The number of hydrogen-bond acceptors (Lipinski definition) is 3. The molecule has 0 radical (unpaired) electrons. The van der Waals surface area contributed by atoms with Crippen LogP contribution in [-0.4, -0.2) is 25.6 Å². The molecule has 0 fully saturated rings. The van der Waals surface area contributed by atoms with Gasteiger partial charge in [-0.05, 0) is 36.1 Å². The fourth-order valence-corrected chi connectivity index (χ4v) is 3.34. The molecule has 0 aliphatic carbocycles. The first-order valence-electron chi connectivity index (χ1n) is 9.19. The third-order valence-corrected chi connectivity index (χ3v) is 4.78. The van der Waals surface area contributed by atoms with Crippen LogP contribution in [0.4, 0.5) is 5.69 Å². The molecule has 3 aromatic carbocycles. The Bertz CT molecular complexity index is 941. The Morgan fingerprint density at radius 2 is 1.79 bits per heavy atom. The van der Waals surface area contributed by atoms with Gasteiger partial charge >= 0.3 is 0 Å². The molecule has 0 aliphatic heterocycles. The molecule has 0 saturated carbocycles. The fraction of sp³-hybridized carbons (Fsp3) is 0.227. The molecule has 0 atom stereocenters. The predicted octanol–water partition coefficient (Wildman–Crippen LogP) is 5.53. The van der Waals surface area contributed by atoms with Gasteiger partial charge in [-0.25, -0.2) is 0 Å². The Hall–Kier alpha value is -2.43. The molecule has 6 heteroatoms. The minimum atomic E-state index is 0.00511. The number of anilines is 1. The fourth-order valence-electron chi connectivity index (χ4n) is 2.87. The van der Waals surface area contributed by atoms with Crippen LogP contribution in [-0.2, 0) is 4.79 Å². The lowest BCUT2D eigenvalue weighted by molar-refractivity contribution is -0.121. The molecule has 0 spiro atoms. The van der Waals surface area contributed by atoms with Crippen LogP contribution in [0.3, 0.4) is 0 Å². The number of rotatable bonds is 9. The van der Waals surface area contributed by atoms with Crippen LogP contribution in [0.25, 0.3) is 10.8 Å². The molecular weight excluding hydrogens is 395 g/mol. The van der Waals surface area contributed by atoms with E-state index >= 15 is 0 Å². The first-order valence-corrected chi connectivity index (χ1v) is 9.95. The van der Waals surface area contributed by atoms with Crippen LogP contribution in [0.5, 0.6) is 5.75 Å². The summed E-state index contributed by atoms with van der Waals surface area (Å²) >= 11 is 11.9. The summed E-state index contributed by atoms with van der Waals surface area (Å²) in [5.74, 6) is 0.580. The third kappa shape index (κ3) is 5.78. The quantitative estimate of drug-likeness (QED) is 0.450. The van der Waals surface area contributed by atoms with Crippen molar-refractivity contribution in [3.05, 3.63) is 70.7 Å². The molecule has 0 unspecified atom stereocenters. The molecule has 0 saturated heterocycles. The molecule has 3 rings (SSSR count). The van der Waals surface area contributed by atoms with E-state index in [2.05, 4.69) is 28.8 Å². The van der Waals surface area contributed by atoms with Gasteiger partial charge < -0.3 is 15.4 Å². The van der Waals surface area contributed by atoms with Gasteiger partial charge in [-0.1, -0.05) is 59.6 Å². The second-order valence-corrected chi connectivity index (χ2v) is 7.17. The largest absolute Gasteiger partial charge is 0.492 e. The molecule has 28 heavy (non-hydrogen) atoms. The highest BCUT2D eigenvalue weighted by atomic mass is 35.5. The Labute approximate surface area is 174 Å². The zero-order chi connectivity index (χ0) is 19.8. The Balaban J connectivity index is 1.33. The van der Waals surface area contributed by atoms with E-state index in [9.17, 15) is 4.79 Å². The van der Waals surface area contributed by atoms with E-state index in [-0.39, 0.29) is 5.91 Å². The van der Waals surface area contributed by atoms with Crippen LogP contribution in [0, 0.1) is 0 Å². The number of benzene rings is 3. The number of carbonyl (C=O) groups is 1. The molecule has 0 bridgehead atoms. The number of carbonyl (C=O) groups excluding carboxylic acids is 1. The van der Waals surface area contributed by atoms with Crippen molar-refractivity contribution in [3.63, 3.8) is 0 Å². The molecule has 2 N–H and O–H groups in total. The summed E-state index contributed by atoms with van der Waals surface area (Å²) in [5.41, 5.74) is 1.07. The molecular formula is C22H22Cl2N2O2. The van der Waals surface area contributed by atoms with Crippen molar-refractivity contribution in [1.82, 2.24) is 5.32 Å². The zero-order valence-electron chi connectivity index (χ0n) is 15.4. The van der Waals surface area contributed by atoms with Crippen LogP contribution in [0.2, 0.25) is 10.0 Å². The van der Waals surface area contributed by atoms with Gasteiger partial charge in [-0.15, -0.1) is 0 Å². The first kappa shape index (κ1) is 20.3. The van der Waals surface area contributed by atoms with Crippen molar-refractivity contribution >= 4 is 45.6 Å². The van der Waals surface area contributed by atoms with Gasteiger partial charge in [-0.3, -0.25) is 4.79 Å². The minimum Gasteiger partial charge on any atom is -0.492 e. The Kier molecular flexibility index (Phi) is 7.40. The summed E-state index contributed by atoms with van der Waals surface area (Å²) in [5, 5.41) is 9.70. The highest BCUT2D eigenvalue weighted by molar-refractivity contribution is 6.35. The number of nitrogens with one attached hydrogen (secondary N) is 2. The molecule has 0 aliphatic rings. The Morgan fingerprint density at radius 3 is 2.64 bits per heavy atom. The zero-order valence-corrected chi connectivity index (χ0v) is 16.9. The van der Waals surface area contributed by atoms with Gasteiger partial charge in [-0.2, -0.15) is 0 Å². The Morgan fingerprint density at radius 1 is 0.964 bits per heavy atom. The third-order valence-electron chi connectivity index (χ3n) is 4.25.